The minimum Gasteiger partial charge on any atom is -0.353 e. The molecule has 1 unspecified atom stereocenters. The quantitative estimate of drug-likeness (QED) is 0.410. The number of nitrogens with zero attached hydrogens (tertiary/aromatic N) is 7. The molecule has 34 heavy (non-hydrogen) atoms. The Kier molecular flexibility index (Phi) is 8.51. The molecule has 11 nitrogen and oxygen atoms in total. The molecule has 2 fully saturated rings. The molecule has 4 rings (SSSR count). The molecule has 1 saturated carbocycles. The number of carbonyl (C=O) groups is 1. The van der Waals surface area contributed by atoms with Crippen molar-refractivity contribution in [1.82, 2.24) is 30.4 Å². The molecule has 2 aromatic heterocycles. The first kappa shape index (κ1) is 24.2. The van der Waals surface area contributed by atoms with E-state index in [4.69, 9.17) is 9.51 Å². The molecule has 0 spiro atoms. The number of piperazine rings is 1. The van der Waals surface area contributed by atoms with Crippen molar-refractivity contribution < 1.29 is 9.32 Å². The molecule has 3 heterocycles. The molecule has 1 aliphatic heterocycles. The highest BCUT2D eigenvalue weighted by Gasteiger charge is 2.25. The molecule has 0 bridgehead atoms. The van der Waals surface area contributed by atoms with Crippen LogP contribution in [0.15, 0.2) is 22.2 Å². The molecule has 1 aliphatic carbocycles. The van der Waals surface area contributed by atoms with Crippen LogP contribution in [-0.4, -0.2) is 64.1 Å². The van der Waals surface area contributed by atoms with Gasteiger partial charge in [0, 0.05) is 38.5 Å². The lowest BCUT2D eigenvalue weighted by Gasteiger charge is -2.33. The standard InChI is InChI=1S/C23H34N8O3/c1-30-10-12-31(13-11-30)20-16-24-15-19(25-20)22-26-23(34-28-22)18(14-21(32)27-29-33)9-5-8-17-6-3-2-4-7-17/h15-18H,2-14H2,1H3,(H,27,32,33). The van der Waals surface area contributed by atoms with E-state index in [-0.39, 0.29) is 12.3 Å². The highest BCUT2D eigenvalue weighted by molar-refractivity contribution is 5.76. The van der Waals surface area contributed by atoms with Crippen molar-refractivity contribution in [3.8, 4) is 11.5 Å². The average molecular weight is 471 g/mol. The van der Waals surface area contributed by atoms with Gasteiger partial charge >= 0.3 is 0 Å². The van der Waals surface area contributed by atoms with Crippen LogP contribution in [-0.2, 0) is 4.79 Å². The van der Waals surface area contributed by atoms with Crippen LogP contribution in [0.2, 0.25) is 0 Å². The van der Waals surface area contributed by atoms with Crippen LogP contribution >= 0.6 is 0 Å². The molecule has 0 aromatic carbocycles. The van der Waals surface area contributed by atoms with Crippen LogP contribution in [0.25, 0.3) is 11.5 Å². The Morgan fingerprint density at radius 3 is 2.74 bits per heavy atom. The Bertz CT molecular complexity index is 938. The zero-order valence-electron chi connectivity index (χ0n) is 19.9. The molecule has 0 radical (unpaired) electrons. The number of nitrogens with one attached hydrogen (secondary N) is 1. The van der Waals surface area contributed by atoms with Gasteiger partial charge < -0.3 is 14.3 Å². The lowest BCUT2D eigenvalue weighted by molar-refractivity contribution is -0.121. The van der Waals surface area contributed by atoms with Crippen molar-refractivity contribution in [1.29, 1.82) is 0 Å². The monoisotopic (exact) mass is 470 g/mol. The summed E-state index contributed by atoms with van der Waals surface area (Å²) in [5.41, 5.74) is 2.51. The lowest BCUT2D eigenvalue weighted by atomic mass is 9.84. The second-order valence-corrected chi connectivity index (χ2v) is 9.47. The third-order valence-electron chi connectivity index (χ3n) is 6.96. The van der Waals surface area contributed by atoms with Gasteiger partial charge in [-0.3, -0.25) is 9.78 Å². The van der Waals surface area contributed by atoms with Gasteiger partial charge in [0.05, 0.1) is 17.7 Å². The number of hydrogen-bond acceptors (Lipinski definition) is 10. The van der Waals surface area contributed by atoms with Crippen LogP contribution in [0, 0.1) is 10.8 Å². The minimum absolute atomic E-state index is 0.0745. The second-order valence-electron chi connectivity index (χ2n) is 9.47. The average Bonchev–Trinajstić information content (AvgIpc) is 3.35. The number of hydrogen-bond donors (Lipinski definition) is 1. The largest absolute Gasteiger partial charge is 0.353 e. The van der Waals surface area contributed by atoms with Crippen LogP contribution in [0.3, 0.4) is 0 Å². The lowest BCUT2D eigenvalue weighted by Crippen LogP contribution is -2.44. The summed E-state index contributed by atoms with van der Waals surface area (Å²) in [6.07, 6.45) is 12.8. The summed E-state index contributed by atoms with van der Waals surface area (Å²) < 4.78 is 5.56. The van der Waals surface area contributed by atoms with Gasteiger partial charge in [0.15, 0.2) is 0 Å². The van der Waals surface area contributed by atoms with E-state index >= 15 is 0 Å². The zero-order valence-corrected chi connectivity index (χ0v) is 19.9. The number of likely N-dealkylation sites (N-methyl/N-ethyl adjacent to an activating group) is 1. The molecule has 1 N–H and O–H groups in total. The molecular weight excluding hydrogens is 436 g/mol. The van der Waals surface area contributed by atoms with Gasteiger partial charge in [-0.1, -0.05) is 50.1 Å². The van der Waals surface area contributed by atoms with E-state index in [9.17, 15) is 9.70 Å². The van der Waals surface area contributed by atoms with E-state index < -0.39 is 5.91 Å². The summed E-state index contributed by atoms with van der Waals surface area (Å²) in [6.45, 7) is 3.71. The first-order valence-corrected chi connectivity index (χ1v) is 12.3. The Hall–Kier alpha value is -2.95. The topological polar surface area (TPSA) is 130 Å². The number of amides is 1. The molecule has 11 heteroatoms. The van der Waals surface area contributed by atoms with Crippen LogP contribution in [0.5, 0.6) is 0 Å². The van der Waals surface area contributed by atoms with Crippen molar-refractivity contribution >= 4 is 11.7 Å². The van der Waals surface area contributed by atoms with Crippen LogP contribution in [0.4, 0.5) is 5.82 Å². The Morgan fingerprint density at radius 1 is 1.18 bits per heavy atom. The predicted molar refractivity (Wildman–Crippen MR) is 127 cm³/mol. The fourth-order valence-corrected chi connectivity index (χ4v) is 4.92. The van der Waals surface area contributed by atoms with E-state index in [0.717, 1.165) is 57.2 Å². The maximum Gasteiger partial charge on any atom is 0.243 e. The SMILES string of the molecule is CN1CCN(c2cncc(-c3noc(C(CCCC4CCCCC4)CC(=O)NN=O)n3)n2)CC1. The van der Waals surface area contributed by atoms with E-state index in [1.54, 1.807) is 12.4 Å². The number of anilines is 1. The maximum absolute atomic E-state index is 12.1. The molecule has 2 aromatic rings. The number of rotatable bonds is 10. The number of carbonyl (C=O) groups excluding carboxylic acids is 1. The summed E-state index contributed by atoms with van der Waals surface area (Å²) in [5.74, 6) is 1.55. The van der Waals surface area contributed by atoms with Gasteiger partial charge in [0.2, 0.25) is 17.6 Å². The Labute approximate surface area is 199 Å². The summed E-state index contributed by atoms with van der Waals surface area (Å²) in [6, 6.07) is 0. The van der Waals surface area contributed by atoms with Crippen molar-refractivity contribution in [2.24, 2.45) is 11.2 Å². The molecule has 2 aliphatic rings. The minimum atomic E-state index is -0.450. The molecule has 1 saturated heterocycles. The summed E-state index contributed by atoms with van der Waals surface area (Å²) >= 11 is 0. The van der Waals surface area contributed by atoms with E-state index in [1.165, 1.54) is 32.1 Å². The van der Waals surface area contributed by atoms with Gasteiger partial charge in [-0.25, -0.2) is 10.4 Å². The van der Waals surface area contributed by atoms with Crippen molar-refractivity contribution in [2.75, 3.05) is 38.1 Å². The highest BCUT2D eigenvalue weighted by Crippen LogP contribution is 2.31. The van der Waals surface area contributed by atoms with Gasteiger partial charge in [-0.15, -0.1) is 4.91 Å². The predicted octanol–water partition coefficient (Wildman–Crippen LogP) is 3.30. The fraction of sp³-hybridized carbons (Fsp3) is 0.696. The van der Waals surface area contributed by atoms with E-state index in [0.29, 0.717) is 17.4 Å². The zero-order chi connectivity index (χ0) is 23.8. The van der Waals surface area contributed by atoms with Crippen molar-refractivity contribution in [3.63, 3.8) is 0 Å². The first-order chi connectivity index (χ1) is 16.6. The van der Waals surface area contributed by atoms with Gasteiger partial charge in [-0.2, -0.15) is 4.98 Å². The van der Waals surface area contributed by atoms with Gasteiger partial charge in [0.1, 0.15) is 11.5 Å². The maximum atomic E-state index is 12.1. The summed E-state index contributed by atoms with van der Waals surface area (Å²) in [7, 11) is 2.11. The van der Waals surface area contributed by atoms with Crippen molar-refractivity contribution in [3.05, 3.63) is 23.2 Å². The van der Waals surface area contributed by atoms with Gasteiger partial charge in [-0.05, 0) is 19.4 Å². The Balaban J connectivity index is 1.43. The molecule has 1 atom stereocenters. The van der Waals surface area contributed by atoms with E-state index in [2.05, 4.69) is 37.3 Å². The van der Waals surface area contributed by atoms with Crippen LogP contribution in [0.1, 0.15) is 69.6 Å². The fourth-order valence-electron chi connectivity index (χ4n) is 4.92. The van der Waals surface area contributed by atoms with Crippen LogP contribution < -0.4 is 10.3 Å². The third-order valence-corrected chi connectivity index (χ3v) is 6.96. The summed E-state index contributed by atoms with van der Waals surface area (Å²) in [4.78, 5) is 40.6. The summed E-state index contributed by atoms with van der Waals surface area (Å²) in [5, 5.41) is 6.63. The highest BCUT2D eigenvalue weighted by atomic mass is 16.5. The number of nitroso groups, excluding NO2 is 1. The third kappa shape index (κ3) is 6.55. The van der Waals surface area contributed by atoms with Crippen molar-refractivity contribution in [2.45, 2.75) is 63.7 Å². The first-order valence-electron chi connectivity index (χ1n) is 12.3. The smallest absolute Gasteiger partial charge is 0.243 e. The molecular formula is C23H34N8O3. The molecule has 184 valence electrons. The molecule has 1 amide bonds. The van der Waals surface area contributed by atoms with Gasteiger partial charge in [0.25, 0.3) is 0 Å². The van der Waals surface area contributed by atoms with E-state index in [1.807, 2.05) is 5.43 Å². The Morgan fingerprint density at radius 2 is 1.97 bits per heavy atom. The normalized spacial score (nSPS) is 18.6. The second kappa shape index (κ2) is 12.0. The number of aromatic nitrogens is 4.